The summed E-state index contributed by atoms with van der Waals surface area (Å²) in [4.78, 5) is 39.5. The molecule has 0 saturated heterocycles. The van der Waals surface area contributed by atoms with Crippen LogP contribution >= 0.6 is 0 Å². The Labute approximate surface area is 181 Å². The maximum absolute atomic E-state index is 12.9. The number of urea groups is 1. The number of benzene rings is 2. The number of esters is 1. The third-order valence-electron chi connectivity index (χ3n) is 5.72. The Kier molecular flexibility index (Phi) is 5.50. The van der Waals surface area contributed by atoms with E-state index in [-0.39, 0.29) is 19.1 Å². The van der Waals surface area contributed by atoms with Crippen molar-refractivity contribution in [1.29, 1.82) is 0 Å². The summed E-state index contributed by atoms with van der Waals surface area (Å²) >= 11 is 0. The van der Waals surface area contributed by atoms with Gasteiger partial charge in [0, 0.05) is 5.69 Å². The molecule has 7 nitrogen and oxygen atoms in total. The number of ether oxygens (including phenoxy) is 1. The molecule has 0 aliphatic carbocycles. The van der Waals surface area contributed by atoms with Crippen molar-refractivity contribution in [1.82, 2.24) is 10.2 Å². The fraction of sp³-hybridized carbons (Fsp3) is 0.292. The minimum Gasteiger partial charge on any atom is -0.456 e. The van der Waals surface area contributed by atoms with E-state index >= 15 is 0 Å². The van der Waals surface area contributed by atoms with Crippen molar-refractivity contribution < 1.29 is 19.1 Å². The fourth-order valence-corrected chi connectivity index (χ4v) is 4.01. The van der Waals surface area contributed by atoms with Gasteiger partial charge in [0.25, 0.3) is 0 Å². The number of amides is 3. The highest BCUT2D eigenvalue weighted by Gasteiger charge is 2.42. The third kappa shape index (κ3) is 3.91. The van der Waals surface area contributed by atoms with E-state index in [4.69, 9.17) is 4.74 Å². The second-order valence-electron chi connectivity index (χ2n) is 7.83. The molecule has 0 radical (unpaired) electrons. The minimum atomic E-state index is -0.597. The second-order valence-corrected chi connectivity index (χ2v) is 7.83. The number of hydrogen-bond donors (Lipinski definition) is 2. The maximum Gasteiger partial charge on any atom is 0.338 e. The number of hydrogen-bond acceptors (Lipinski definition) is 4. The summed E-state index contributed by atoms with van der Waals surface area (Å²) in [5.74, 6) is -0.808. The van der Waals surface area contributed by atoms with Crippen LogP contribution in [0.4, 0.5) is 10.5 Å². The molecule has 2 N–H and O–H groups in total. The van der Waals surface area contributed by atoms with Crippen molar-refractivity contribution in [2.75, 3.05) is 18.5 Å². The average Bonchev–Trinajstić information content (AvgIpc) is 3.13. The van der Waals surface area contributed by atoms with Crippen LogP contribution in [-0.4, -0.2) is 36.0 Å². The molecule has 0 bridgehead atoms. The molecule has 0 aromatic heterocycles. The number of nitrogens with one attached hydrogen (secondary N) is 2. The number of anilines is 1. The van der Waals surface area contributed by atoms with Crippen molar-refractivity contribution in [3.05, 3.63) is 76.0 Å². The Morgan fingerprint density at radius 1 is 1.16 bits per heavy atom. The summed E-state index contributed by atoms with van der Waals surface area (Å²) in [6.07, 6.45) is 0.775. The predicted octanol–water partition coefficient (Wildman–Crippen LogP) is 3.38. The standard InChI is InChI=1S/C24H25N3O4/c1-4-16-7-5-6-15(3)21(16)25-19(28)12-27-18-13-31-23(29)20(18)22(26-24(27)30)17-10-8-14(2)9-11-17/h5-11,22H,4,12-13H2,1-3H3,(H,25,28)(H,26,30). The molecule has 0 spiro atoms. The van der Waals surface area contributed by atoms with Crippen molar-refractivity contribution in [3.8, 4) is 0 Å². The van der Waals surface area contributed by atoms with Crippen molar-refractivity contribution in [2.45, 2.75) is 33.2 Å². The third-order valence-corrected chi connectivity index (χ3v) is 5.72. The Bertz CT molecular complexity index is 1090. The normalized spacial score (nSPS) is 17.9. The van der Waals surface area contributed by atoms with Crippen LogP contribution in [0.2, 0.25) is 0 Å². The first-order chi connectivity index (χ1) is 14.9. The van der Waals surface area contributed by atoms with Crippen molar-refractivity contribution in [2.24, 2.45) is 0 Å². The zero-order chi connectivity index (χ0) is 22.1. The largest absolute Gasteiger partial charge is 0.456 e. The molecule has 2 aliphatic rings. The van der Waals surface area contributed by atoms with E-state index in [1.807, 2.05) is 63.2 Å². The van der Waals surface area contributed by atoms with Gasteiger partial charge in [0.2, 0.25) is 5.91 Å². The van der Waals surface area contributed by atoms with E-state index in [1.165, 1.54) is 4.90 Å². The van der Waals surface area contributed by atoms with Crippen LogP contribution in [0.5, 0.6) is 0 Å². The van der Waals surface area contributed by atoms with Gasteiger partial charge in [0.15, 0.2) is 0 Å². The second kappa shape index (κ2) is 8.26. The molecule has 2 heterocycles. The number of nitrogens with zero attached hydrogens (tertiary/aromatic N) is 1. The lowest BCUT2D eigenvalue weighted by molar-refractivity contribution is -0.136. The number of rotatable bonds is 5. The molecule has 0 fully saturated rings. The topological polar surface area (TPSA) is 87.7 Å². The highest BCUT2D eigenvalue weighted by Crippen LogP contribution is 2.35. The SMILES string of the molecule is CCc1cccc(C)c1NC(=O)CN1C(=O)NC(c2ccc(C)cc2)C2=C1COC2=O. The fourth-order valence-electron chi connectivity index (χ4n) is 4.01. The van der Waals surface area contributed by atoms with E-state index in [0.717, 1.165) is 34.4 Å². The molecule has 7 heteroatoms. The number of para-hydroxylation sites is 1. The van der Waals surface area contributed by atoms with Gasteiger partial charge in [-0.25, -0.2) is 9.59 Å². The maximum atomic E-state index is 12.9. The van der Waals surface area contributed by atoms with Gasteiger partial charge in [-0.3, -0.25) is 9.69 Å². The molecule has 0 saturated carbocycles. The van der Waals surface area contributed by atoms with Crippen LogP contribution in [-0.2, 0) is 20.7 Å². The average molecular weight is 419 g/mol. The van der Waals surface area contributed by atoms with Gasteiger partial charge < -0.3 is 15.4 Å². The van der Waals surface area contributed by atoms with E-state index in [0.29, 0.717) is 11.3 Å². The van der Waals surface area contributed by atoms with Crippen LogP contribution in [0.3, 0.4) is 0 Å². The van der Waals surface area contributed by atoms with Crippen LogP contribution in [0.25, 0.3) is 0 Å². The summed E-state index contributed by atoms with van der Waals surface area (Å²) in [6, 6.07) is 12.4. The molecule has 4 rings (SSSR count). The van der Waals surface area contributed by atoms with E-state index in [9.17, 15) is 14.4 Å². The van der Waals surface area contributed by atoms with Gasteiger partial charge in [-0.1, -0.05) is 55.0 Å². The first kappa shape index (κ1) is 20.7. The number of carbonyl (C=O) groups is 3. The Balaban J connectivity index is 1.60. The first-order valence-electron chi connectivity index (χ1n) is 10.3. The molecule has 31 heavy (non-hydrogen) atoms. The van der Waals surface area contributed by atoms with E-state index in [1.54, 1.807) is 0 Å². The van der Waals surface area contributed by atoms with Gasteiger partial charge >= 0.3 is 12.0 Å². The first-order valence-corrected chi connectivity index (χ1v) is 10.3. The number of carbonyl (C=O) groups excluding carboxylic acids is 3. The van der Waals surface area contributed by atoms with Crippen molar-refractivity contribution in [3.63, 3.8) is 0 Å². The van der Waals surface area contributed by atoms with Crippen molar-refractivity contribution >= 4 is 23.6 Å². The smallest absolute Gasteiger partial charge is 0.338 e. The van der Waals surface area contributed by atoms with Crippen LogP contribution in [0.1, 0.15) is 35.2 Å². The molecule has 2 aromatic carbocycles. The monoisotopic (exact) mass is 419 g/mol. The van der Waals surface area contributed by atoms with Gasteiger partial charge in [-0.15, -0.1) is 0 Å². The van der Waals surface area contributed by atoms with Gasteiger partial charge in [-0.2, -0.15) is 0 Å². The minimum absolute atomic E-state index is 0.0260. The summed E-state index contributed by atoms with van der Waals surface area (Å²) < 4.78 is 5.23. The zero-order valence-electron chi connectivity index (χ0n) is 17.8. The molecular weight excluding hydrogens is 394 g/mol. The van der Waals surface area contributed by atoms with Crippen LogP contribution < -0.4 is 10.6 Å². The molecule has 2 aliphatic heterocycles. The number of aryl methyl sites for hydroxylation is 3. The predicted molar refractivity (Wildman–Crippen MR) is 116 cm³/mol. The van der Waals surface area contributed by atoms with Crippen LogP contribution in [0.15, 0.2) is 53.7 Å². The molecule has 1 unspecified atom stereocenters. The molecule has 1 atom stereocenters. The lowest BCUT2D eigenvalue weighted by Gasteiger charge is -2.32. The van der Waals surface area contributed by atoms with Gasteiger partial charge in [-0.05, 0) is 37.0 Å². The zero-order valence-corrected chi connectivity index (χ0v) is 17.8. The summed E-state index contributed by atoms with van der Waals surface area (Å²) in [5, 5.41) is 5.78. The molecule has 160 valence electrons. The van der Waals surface area contributed by atoms with E-state index < -0.39 is 18.0 Å². The quantitative estimate of drug-likeness (QED) is 0.728. The lowest BCUT2D eigenvalue weighted by atomic mass is 9.95. The Hall–Kier alpha value is -3.61. The summed E-state index contributed by atoms with van der Waals surface area (Å²) in [6.45, 7) is 5.68. The highest BCUT2D eigenvalue weighted by molar-refractivity contribution is 6.00. The highest BCUT2D eigenvalue weighted by atomic mass is 16.5. The van der Waals surface area contributed by atoms with Gasteiger partial charge in [0.05, 0.1) is 17.3 Å². The summed E-state index contributed by atoms with van der Waals surface area (Å²) in [7, 11) is 0. The Morgan fingerprint density at radius 3 is 2.61 bits per heavy atom. The summed E-state index contributed by atoms with van der Waals surface area (Å²) in [5.41, 5.74) is 5.43. The van der Waals surface area contributed by atoms with Gasteiger partial charge in [0.1, 0.15) is 13.2 Å². The lowest BCUT2D eigenvalue weighted by Crippen LogP contribution is -2.49. The number of cyclic esters (lactones) is 1. The molecular formula is C24H25N3O4. The van der Waals surface area contributed by atoms with E-state index in [2.05, 4.69) is 10.6 Å². The molecule has 2 aromatic rings. The molecule has 3 amide bonds. The Morgan fingerprint density at radius 2 is 1.90 bits per heavy atom. The van der Waals surface area contributed by atoms with Crippen LogP contribution in [0, 0.1) is 13.8 Å².